The smallest absolute Gasteiger partial charge is 0.319 e. The molecule has 0 aliphatic heterocycles. The number of urea groups is 1. The quantitative estimate of drug-likeness (QED) is 0.675. The Kier molecular flexibility index (Phi) is 7.81. The van der Waals surface area contributed by atoms with E-state index < -0.39 is 24.7 Å². The number of hydrogen-bond donors (Lipinski definition) is 3. The van der Waals surface area contributed by atoms with Crippen molar-refractivity contribution < 1.29 is 23.5 Å². The lowest BCUT2D eigenvalue weighted by molar-refractivity contribution is -0.122. The highest BCUT2D eigenvalue weighted by Gasteiger charge is 2.15. The maximum absolute atomic E-state index is 12.0. The van der Waals surface area contributed by atoms with Crippen molar-refractivity contribution in [1.29, 1.82) is 0 Å². The summed E-state index contributed by atoms with van der Waals surface area (Å²) in [6, 6.07) is 3.62. The van der Waals surface area contributed by atoms with Crippen LogP contribution in [0.4, 0.5) is 14.9 Å². The van der Waals surface area contributed by atoms with Gasteiger partial charge in [-0.15, -0.1) is 0 Å². The maximum atomic E-state index is 12.0. The standard InChI is InChI=1S/C16H24FN3O4/c1-10(2)24-13-6-5-12(9-14(13)23-4)20-16(22)19-11(3)15(21)18-8-7-17/h5-6,9-11H,7-8H2,1-4H3,(H,18,21)(H2,19,20,22). The Hall–Kier alpha value is -2.51. The number of methoxy groups -OCH3 is 1. The molecule has 1 unspecified atom stereocenters. The third-order valence-electron chi connectivity index (χ3n) is 2.92. The number of carbonyl (C=O) groups excluding carboxylic acids is 2. The van der Waals surface area contributed by atoms with Crippen LogP contribution in [-0.4, -0.2) is 44.4 Å². The van der Waals surface area contributed by atoms with Gasteiger partial charge in [0.2, 0.25) is 5.91 Å². The van der Waals surface area contributed by atoms with E-state index in [4.69, 9.17) is 9.47 Å². The van der Waals surface area contributed by atoms with E-state index in [9.17, 15) is 14.0 Å². The molecule has 1 rings (SSSR count). The first-order valence-electron chi connectivity index (χ1n) is 7.63. The lowest BCUT2D eigenvalue weighted by atomic mass is 10.2. The zero-order valence-electron chi connectivity index (χ0n) is 14.3. The van der Waals surface area contributed by atoms with Crippen molar-refractivity contribution in [2.75, 3.05) is 25.6 Å². The molecular formula is C16H24FN3O4. The van der Waals surface area contributed by atoms with E-state index in [0.717, 1.165) is 0 Å². The summed E-state index contributed by atoms with van der Waals surface area (Å²) in [4.78, 5) is 23.5. The molecule has 1 aromatic carbocycles. The molecule has 0 bridgehead atoms. The van der Waals surface area contributed by atoms with Crippen molar-refractivity contribution in [3.8, 4) is 11.5 Å². The molecular weight excluding hydrogens is 317 g/mol. The molecule has 7 nitrogen and oxygen atoms in total. The van der Waals surface area contributed by atoms with Gasteiger partial charge in [0, 0.05) is 18.3 Å². The average Bonchev–Trinajstić information content (AvgIpc) is 2.53. The van der Waals surface area contributed by atoms with Gasteiger partial charge in [-0.2, -0.15) is 0 Å². The minimum atomic E-state index is -0.790. The van der Waals surface area contributed by atoms with E-state index in [0.29, 0.717) is 17.2 Å². The Bertz CT molecular complexity index is 566. The number of anilines is 1. The molecule has 134 valence electrons. The Morgan fingerprint density at radius 2 is 1.92 bits per heavy atom. The number of halogens is 1. The van der Waals surface area contributed by atoms with Crippen molar-refractivity contribution in [3.05, 3.63) is 18.2 Å². The summed E-state index contributed by atoms with van der Waals surface area (Å²) in [7, 11) is 1.50. The van der Waals surface area contributed by atoms with Gasteiger partial charge in [-0.3, -0.25) is 4.79 Å². The fraction of sp³-hybridized carbons (Fsp3) is 0.500. The van der Waals surface area contributed by atoms with Crippen LogP contribution in [0.15, 0.2) is 18.2 Å². The number of carbonyl (C=O) groups is 2. The summed E-state index contributed by atoms with van der Waals surface area (Å²) in [6.45, 7) is 4.56. The van der Waals surface area contributed by atoms with E-state index in [1.54, 1.807) is 18.2 Å². The van der Waals surface area contributed by atoms with Gasteiger partial charge in [-0.25, -0.2) is 9.18 Å². The molecule has 24 heavy (non-hydrogen) atoms. The minimum absolute atomic E-state index is 0.00955. The van der Waals surface area contributed by atoms with Gasteiger partial charge in [0.15, 0.2) is 11.5 Å². The van der Waals surface area contributed by atoms with E-state index in [1.165, 1.54) is 14.0 Å². The SMILES string of the molecule is COc1cc(NC(=O)NC(C)C(=O)NCCF)ccc1OC(C)C. The summed E-state index contributed by atoms with van der Waals surface area (Å²) < 4.78 is 22.8. The molecule has 0 aliphatic rings. The molecule has 0 saturated carbocycles. The van der Waals surface area contributed by atoms with Crippen LogP contribution < -0.4 is 25.4 Å². The number of ether oxygens (including phenoxy) is 2. The van der Waals surface area contributed by atoms with Crippen molar-refractivity contribution >= 4 is 17.6 Å². The van der Waals surface area contributed by atoms with Crippen molar-refractivity contribution in [2.24, 2.45) is 0 Å². The van der Waals surface area contributed by atoms with Crippen molar-refractivity contribution in [1.82, 2.24) is 10.6 Å². The Morgan fingerprint density at radius 1 is 1.21 bits per heavy atom. The van der Waals surface area contributed by atoms with Gasteiger partial charge < -0.3 is 25.4 Å². The third kappa shape index (κ3) is 6.31. The van der Waals surface area contributed by atoms with Crippen LogP contribution >= 0.6 is 0 Å². The number of alkyl halides is 1. The molecule has 0 aliphatic carbocycles. The maximum Gasteiger partial charge on any atom is 0.319 e. The third-order valence-corrected chi connectivity index (χ3v) is 2.92. The lowest BCUT2D eigenvalue weighted by Crippen LogP contribution is -2.46. The second-order valence-electron chi connectivity index (χ2n) is 5.33. The Balaban J connectivity index is 2.65. The number of nitrogens with one attached hydrogen (secondary N) is 3. The van der Waals surface area contributed by atoms with Crippen LogP contribution in [0.25, 0.3) is 0 Å². The fourth-order valence-electron chi connectivity index (χ4n) is 1.85. The first kappa shape index (κ1) is 19.5. The highest BCUT2D eigenvalue weighted by molar-refractivity contribution is 5.93. The molecule has 3 amide bonds. The number of hydrogen-bond acceptors (Lipinski definition) is 4. The van der Waals surface area contributed by atoms with Crippen LogP contribution in [0.5, 0.6) is 11.5 Å². The second-order valence-corrected chi connectivity index (χ2v) is 5.33. The minimum Gasteiger partial charge on any atom is -0.493 e. The number of rotatable bonds is 8. The second kappa shape index (κ2) is 9.59. The normalized spacial score (nSPS) is 11.6. The summed E-state index contributed by atoms with van der Waals surface area (Å²) in [5.74, 6) is 0.591. The van der Waals surface area contributed by atoms with Crippen LogP contribution in [0.1, 0.15) is 20.8 Å². The van der Waals surface area contributed by atoms with Gasteiger partial charge >= 0.3 is 6.03 Å². The molecule has 1 aromatic rings. The predicted molar refractivity (Wildman–Crippen MR) is 89.4 cm³/mol. The molecule has 0 radical (unpaired) electrons. The lowest BCUT2D eigenvalue weighted by Gasteiger charge is -2.16. The monoisotopic (exact) mass is 341 g/mol. The van der Waals surface area contributed by atoms with Crippen molar-refractivity contribution in [2.45, 2.75) is 32.9 Å². The van der Waals surface area contributed by atoms with E-state index in [2.05, 4.69) is 16.0 Å². The van der Waals surface area contributed by atoms with Crippen molar-refractivity contribution in [3.63, 3.8) is 0 Å². The van der Waals surface area contributed by atoms with Gasteiger partial charge in [0.05, 0.1) is 13.2 Å². The number of amides is 3. The van der Waals surface area contributed by atoms with Gasteiger partial charge in [-0.1, -0.05) is 0 Å². The molecule has 1 atom stereocenters. The molecule has 0 fully saturated rings. The van der Waals surface area contributed by atoms with Crippen LogP contribution in [0.3, 0.4) is 0 Å². The number of benzene rings is 1. The molecule has 3 N–H and O–H groups in total. The highest BCUT2D eigenvalue weighted by Crippen LogP contribution is 2.30. The topological polar surface area (TPSA) is 88.7 Å². The molecule has 0 heterocycles. The summed E-state index contributed by atoms with van der Waals surface area (Å²) in [5, 5.41) is 7.42. The fourth-order valence-corrected chi connectivity index (χ4v) is 1.85. The molecule has 8 heteroatoms. The molecule has 0 saturated heterocycles. The van der Waals surface area contributed by atoms with Gasteiger partial charge in [0.25, 0.3) is 0 Å². The zero-order valence-corrected chi connectivity index (χ0v) is 14.3. The summed E-state index contributed by atoms with van der Waals surface area (Å²) >= 11 is 0. The van der Waals surface area contributed by atoms with Gasteiger partial charge in [-0.05, 0) is 32.9 Å². The zero-order chi connectivity index (χ0) is 18.1. The van der Waals surface area contributed by atoms with E-state index >= 15 is 0 Å². The molecule has 0 aromatic heterocycles. The highest BCUT2D eigenvalue weighted by atomic mass is 19.1. The summed E-state index contributed by atoms with van der Waals surface area (Å²) in [5.41, 5.74) is 0.483. The first-order chi connectivity index (χ1) is 11.4. The Morgan fingerprint density at radius 3 is 2.50 bits per heavy atom. The first-order valence-corrected chi connectivity index (χ1v) is 7.63. The summed E-state index contributed by atoms with van der Waals surface area (Å²) in [6.07, 6.45) is -0.00955. The van der Waals surface area contributed by atoms with Crippen LogP contribution in [0.2, 0.25) is 0 Å². The average molecular weight is 341 g/mol. The largest absolute Gasteiger partial charge is 0.493 e. The Labute approximate surface area is 140 Å². The van der Waals surface area contributed by atoms with E-state index in [-0.39, 0.29) is 12.6 Å². The van der Waals surface area contributed by atoms with Crippen LogP contribution in [-0.2, 0) is 4.79 Å². The van der Waals surface area contributed by atoms with E-state index in [1.807, 2.05) is 13.8 Å². The van der Waals surface area contributed by atoms with Crippen LogP contribution in [0, 0.1) is 0 Å². The predicted octanol–water partition coefficient (Wildman–Crippen LogP) is 2.08. The van der Waals surface area contributed by atoms with Gasteiger partial charge in [0.1, 0.15) is 12.7 Å². The molecule has 0 spiro atoms.